The van der Waals surface area contributed by atoms with Gasteiger partial charge in [-0.25, -0.2) is 9.97 Å². The second kappa shape index (κ2) is 6.45. The predicted octanol–water partition coefficient (Wildman–Crippen LogP) is 2.96. The van der Waals surface area contributed by atoms with Crippen molar-refractivity contribution in [1.29, 1.82) is 0 Å². The highest BCUT2D eigenvalue weighted by molar-refractivity contribution is 9.10. The molecule has 0 radical (unpaired) electrons. The van der Waals surface area contributed by atoms with Crippen molar-refractivity contribution in [2.45, 2.75) is 13.5 Å². The highest BCUT2D eigenvalue weighted by atomic mass is 79.9. The van der Waals surface area contributed by atoms with E-state index in [2.05, 4.69) is 25.9 Å². The number of nitrogens with two attached hydrogens (primary N) is 2. The van der Waals surface area contributed by atoms with Gasteiger partial charge in [-0.3, -0.25) is 4.79 Å². The third-order valence-corrected chi connectivity index (χ3v) is 4.44. The van der Waals surface area contributed by atoms with Crippen molar-refractivity contribution < 1.29 is 9.53 Å². The Labute approximate surface area is 147 Å². The second-order valence-electron chi connectivity index (χ2n) is 5.24. The third-order valence-electron chi connectivity index (χ3n) is 3.62. The summed E-state index contributed by atoms with van der Waals surface area (Å²) in [5.74, 6) is 0.108. The molecule has 1 heterocycles. The van der Waals surface area contributed by atoms with Gasteiger partial charge >= 0.3 is 0 Å². The number of hydrogen-bond donors (Lipinski definition) is 2. The number of carbonyl (C=O) groups excluding carboxylic acids is 1. The van der Waals surface area contributed by atoms with Crippen molar-refractivity contribution in [2.24, 2.45) is 5.73 Å². The number of primary amides is 1. The molecule has 2 aromatic carbocycles. The molecule has 0 bridgehead atoms. The Balaban J connectivity index is 1.94. The van der Waals surface area contributed by atoms with Crippen molar-refractivity contribution in [3.8, 4) is 5.75 Å². The van der Waals surface area contributed by atoms with Crippen LogP contribution in [0.25, 0.3) is 10.8 Å². The van der Waals surface area contributed by atoms with Gasteiger partial charge in [0.05, 0.1) is 21.4 Å². The normalized spacial score (nSPS) is 10.8. The van der Waals surface area contributed by atoms with E-state index in [9.17, 15) is 4.79 Å². The molecule has 0 fully saturated rings. The highest BCUT2D eigenvalue weighted by Crippen LogP contribution is 2.33. The van der Waals surface area contributed by atoms with Crippen molar-refractivity contribution >= 4 is 38.6 Å². The number of nitrogens with zero attached hydrogens (tertiary/aromatic N) is 2. The number of rotatable bonds is 4. The van der Waals surface area contributed by atoms with Gasteiger partial charge in [0, 0.05) is 0 Å². The highest BCUT2D eigenvalue weighted by Gasteiger charge is 2.17. The molecule has 6 nitrogen and oxygen atoms in total. The number of anilines is 1. The standard InChI is InChI=1S/C17H15BrN4O2/c1-9-14(16(19)23)12(22-17(20)21-9)8-24-13-7-6-10-4-2-3-5-11(10)15(13)18/h2-7H,8H2,1H3,(H2,19,23)(H2,20,21,22). The Morgan fingerprint density at radius 2 is 1.96 bits per heavy atom. The molecule has 0 unspecified atom stereocenters. The zero-order valence-electron chi connectivity index (χ0n) is 12.9. The zero-order valence-corrected chi connectivity index (χ0v) is 14.5. The number of fused-ring (bicyclic) bond motifs is 1. The van der Waals surface area contributed by atoms with E-state index in [0.717, 1.165) is 15.2 Å². The number of nitrogen functional groups attached to an aromatic ring is 1. The smallest absolute Gasteiger partial charge is 0.252 e. The summed E-state index contributed by atoms with van der Waals surface area (Å²) in [5.41, 5.74) is 12.1. The van der Waals surface area contributed by atoms with Crippen molar-refractivity contribution in [3.05, 3.63) is 57.8 Å². The minimum absolute atomic E-state index is 0.0583. The summed E-state index contributed by atoms with van der Waals surface area (Å²) < 4.78 is 6.66. The largest absolute Gasteiger partial charge is 0.486 e. The monoisotopic (exact) mass is 386 g/mol. The number of aromatic nitrogens is 2. The van der Waals surface area contributed by atoms with Gasteiger partial charge in [-0.15, -0.1) is 0 Å². The van der Waals surface area contributed by atoms with E-state index in [4.69, 9.17) is 16.2 Å². The molecule has 24 heavy (non-hydrogen) atoms. The predicted molar refractivity (Wildman–Crippen MR) is 95.7 cm³/mol. The van der Waals surface area contributed by atoms with E-state index in [1.54, 1.807) is 6.92 Å². The summed E-state index contributed by atoms with van der Waals surface area (Å²) in [6, 6.07) is 11.8. The van der Waals surface area contributed by atoms with Crippen molar-refractivity contribution in [2.75, 3.05) is 5.73 Å². The molecule has 7 heteroatoms. The summed E-state index contributed by atoms with van der Waals surface area (Å²) in [7, 11) is 0. The summed E-state index contributed by atoms with van der Waals surface area (Å²) >= 11 is 3.56. The number of hydrogen-bond acceptors (Lipinski definition) is 5. The van der Waals surface area contributed by atoms with Gasteiger partial charge < -0.3 is 16.2 Å². The Bertz CT molecular complexity index is 943. The second-order valence-corrected chi connectivity index (χ2v) is 6.03. The van der Waals surface area contributed by atoms with Gasteiger partial charge in [0.1, 0.15) is 12.4 Å². The van der Waals surface area contributed by atoms with Gasteiger partial charge in [-0.1, -0.05) is 30.3 Å². The van der Waals surface area contributed by atoms with Crippen molar-refractivity contribution in [3.63, 3.8) is 0 Å². The number of aryl methyl sites for hydroxylation is 1. The summed E-state index contributed by atoms with van der Waals surface area (Å²) in [6.45, 7) is 1.72. The molecule has 0 saturated carbocycles. The van der Waals surface area contributed by atoms with Crippen LogP contribution in [0.4, 0.5) is 5.95 Å². The molecule has 0 saturated heterocycles. The molecule has 1 amide bonds. The van der Waals surface area contributed by atoms with E-state index in [1.807, 2.05) is 36.4 Å². The molecule has 3 aromatic rings. The first kappa shape index (κ1) is 16.2. The lowest BCUT2D eigenvalue weighted by atomic mass is 10.1. The molecule has 1 aromatic heterocycles. The molecule has 3 rings (SSSR count). The number of carbonyl (C=O) groups is 1. The van der Waals surface area contributed by atoms with Crippen LogP contribution >= 0.6 is 15.9 Å². The number of amides is 1. The minimum atomic E-state index is -0.608. The van der Waals surface area contributed by atoms with Gasteiger partial charge in [0.2, 0.25) is 5.95 Å². The number of ether oxygens (including phenoxy) is 1. The molecule has 4 N–H and O–H groups in total. The first-order valence-corrected chi connectivity index (χ1v) is 7.99. The molecular formula is C17H15BrN4O2. The Hall–Kier alpha value is -2.67. The van der Waals surface area contributed by atoms with Crippen LogP contribution in [0.15, 0.2) is 40.9 Å². The maximum absolute atomic E-state index is 11.6. The van der Waals surface area contributed by atoms with Gasteiger partial charge in [-0.2, -0.15) is 0 Å². The summed E-state index contributed by atoms with van der Waals surface area (Å²) in [5, 5.41) is 2.13. The molecule has 122 valence electrons. The van der Waals surface area contributed by atoms with E-state index in [1.165, 1.54) is 0 Å². The minimum Gasteiger partial charge on any atom is -0.486 e. The first-order valence-electron chi connectivity index (χ1n) is 7.20. The van der Waals surface area contributed by atoms with Crippen molar-refractivity contribution in [1.82, 2.24) is 9.97 Å². The SMILES string of the molecule is Cc1nc(N)nc(COc2ccc3ccccc3c2Br)c1C(N)=O. The lowest BCUT2D eigenvalue weighted by Crippen LogP contribution is -2.20. The average Bonchev–Trinajstić information content (AvgIpc) is 2.53. The van der Waals surface area contributed by atoms with E-state index >= 15 is 0 Å². The fraction of sp³-hybridized carbons (Fsp3) is 0.118. The maximum Gasteiger partial charge on any atom is 0.252 e. The molecule has 0 aliphatic rings. The van der Waals surface area contributed by atoms with Gasteiger partial charge in [-0.05, 0) is 39.7 Å². The maximum atomic E-state index is 11.6. The van der Waals surface area contributed by atoms with Crippen LogP contribution < -0.4 is 16.2 Å². The van der Waals surface area contributed by atoms with Crippen LogP contribution in [0.2, 0.25) is 0 Å². The molecule has 0 atom stereocenters. The quantitative estimate of drug-likeness (QED) is 0.716. The number of benzene rings is 2. The van der Waals surface area contributed by atoms with E-state index < -0.39 is 5.91 Å². The Kier molecular flexibility index (Phi) is 4.35. The number of halogens is 1. The van der Waals surface area contributed by atoms with Crippen LogP contribution in [0, 0.1) is 6.92 Å². The average molecular weight is 387 g/mol. The lowest BCUT2D eigenvalue weighted by Gasteiger charge is -2.13. The molecule has 0 spiro atoms. The topological polar surface area (TPSA) is 104 Å². The lowest BCUT2D eigenvalue weighted by molar-refractivity contribution is 0.0996. The molecular weight excluding hydrogens is 372 g/mol. The fourth-order valence-electron chi connectivity index (χ4n) is 2.55. The van der Waals surface area contributed by atoms with Crippen LogP contribution in [0.5, 0.6) is 5.75 Å². The zero-order chi connectivity index (χ0) is 17.3. The van der Waals surface area contributed by atoms with Gasteiger partial charge in [0.15, 0.2) is 0 Å². The van der Waals surface area contributed by atoms with Crippen LogP contribution in [-0.2, 0) is 6.61 Å². The third kappa shape index (κ3) is 3.03. The Morgan fingerprint density at radius 1 is 1.21 bits per heavy atom. The fourth-order valence-corrected chi connectivity index (χ4v) is 3.16. The first-order chi connectivity index (χ1) is 11.5. The van der Waals surface area contributed by atoms with Crippen LogP contribution in [0.1, 0.15) is 21.7 Å². The van der Waals surface area contributed by atoms with Gasteiger partial charge in [0.25, 0.3) is 5.91 Å². The van der Waals surface area contributed by atoms with Crippen LogP contribution in [0.3, 0.4) is 0 Å². The molecule has 0 aliphatic carbocycles. The van der Waals surface area contributed by atoms with E-state index in [0.29, 0.717) is 17.1 Å². The van der Waals surface area contributed by atoms with E-state index in [-0.39, 0.29) is 18.1 Å². The summed E-state index contributed by atoms with van der Waals surface area (Å²) in [6.07, 6.45) is 0. The molecule has 0 aliphatic heterocycles. The van der Waals surface area contributed by atoms with Crippen LogP contribution in [-0.4, -0.2) is 15.9 Å². The summed E-state index contributed by atoms with van der Waals surface area (Å²) in [4.78, 5) is 19.7. The Morgan fingerprint density at radius 3 is 2.71 bits per heavy atom.